The number of benzene rings is 1. The molecule has 1 aromatic rings. The number of hydrogen-bond acceptors (Lipinski definition) is 3. The van der Waals surface area contributed by atoms with Gasteiger partial charge in [0.1, 0.15) is 0 Å². The number of carbonyl (C=O) groups is 1. The van der Waals surface area contributed by atoms with Crippen molar-refractivity contribution in [1.82, 2.24) is 14.5 Å². The third-order valence-corrected chi connectivity index (χ3v) is 5.40. The van der Waals surface area contributed by atoms with Crippen LogP contribution >= 0.6 is 0 Å². The van der Waals surface area contributed by atoms with Gasteiger partial charge < -0.3 is 4.90 Å². The van der Waals surface area contributed by atoms with Crippen molar-refractivity contribution in [2.75, 3.05) is 13.1 Å². The van der Waals surface area contributed by atoms with Crippen molar-refractivity contribution in [3.05, 3.63) is 64.1 Å². The first-order valence-electron chi connectivity index (χ1n) is 9.50. The van der Waals surface area contributed by atoms with Crippen LogP contribution in [-0.4, -0.2) is 33.4 Å². The van der Waals surface area contributed by atoms with Crippen LogP contribution in [0, 0.1) is 6.92 Å². The summed E-state index contributed by atoms with van der Waals surface area (Å²) in [5.41, 5.74) is 4.62. The summed E-state index contributed by atoms with van der Waals surface area (Å²) in [7, 11) is 0. The summed E-state index contributed by atoms with van der Waals surface area (Å²) in [6, 6.07) is 13.8. The third-order valence-electron chi connectivity index (χ3n) is 5.40. The molecule has 1 aromatic carbocycles. The summed E-state index contributed by atoms with van der Waals surface area (Å²) in [5.74, 6) is 0.0261. The minimum atomic E-state index is -0.269. The van der Waals surface area contributed by atoms with E-state index >= 15 is 0 Å². The highest BCUT2D eigenvalue weighted by Gasteiger charge is 2.24. The van der Waals surface area contributed by atoms with Crippen molar-refractivity contribution in [3.8, 4) is 22.5 Å². The fourth-order valence-electron chi connectivity index (χ4n) is 3.89. The topological polar surface area (TPSA) is 55.2 Å². The smallest absolute Gasteiger partial charge is 0.339 e. The van der Waals surface area contributed by atoms with Gasteiger partial charge in [-0.1, -0.05) is 30.3 Å². The molecule has 0 bridgehead atoms. The van der Waals surface area contributed by atoms with E-state index in [1.807, 2.05) is 55.1 Å². The Hall–Kier alpha value is -2.95. The van der Waals surface area contributed by atoms with E-state index in [0.29, 0.717) is 17.8 Å². The van der Waals surface area contributed by atoms with Crippen LogP contribution in [0.3, 0.4) is 0 Å². The number of imidazole rings is 1. The first kappa shape index (κ1) is 17.5. The van der Waals surface area contributed by atoms with Crippen molar-refractivity contribution in [2.24, 2.45) is 0 Å². The highest BCUT2D eigenvalue weighted by atomic mass is 16.2. The van der Waals surface area contributed by atoms with E-state index in [9.17, 15) is 9.59 Å². The van der Waals surface area contributed by atoms with Crippen LogP contribution in [0.4, 0.5) is 0 Å². The van der Waals surface area contributed by atoms with Crippen molar-refractivity contribution < 1.29 is 4.79 Å². The summed E-state index contributed by atoms with van der Waals surface area (Å²) < 4.78 is 1.66. The molecule has 0 unspecified atom stereocenters. The fraction of sp³-hybridized carbons (Fsp3) is 0.318. The summed E-state index contributed by atoms with van der Waals surface area (Å²) in [6.45, 7) is 6.04. The molecular weight excluding hydrogens is 338 g/mol. The Morgan fingerprint density at radius 1 is 1.11 bits per heavy atom. The van der Waals surface area contributed by atoms with Gasteiger partial charge in [-0.15, -0.1) is 0 Å². The van der Waals surface area contributed by atoms with E-state index in [2.05, 4.69) is 4.98 Å². The standard InChI is InChI=1S/C22H23N3O2/c1-3-25-20-14-17(16-9-5-4-6-10-16)15(2)18(13-19(20)23-22(25)27)21(26)24-11-7-8-12-24/h4-6,9-10,13-14H,3,7-8,11-12H2,1-2H3. The predicted molar refractivity (Wildman–Crippen MR) is 106 cm³/mol. The van der Waals surface area contributed by atoms with Gasteiger partial charge in [-0.3, -0.25) is 9.36 Å². The highest BCUT2D eigenvalue weighted by molar-refractivity contribution is 5.98. The molecule has 1 amide bonds. The zero-order valence-electron chi connectivity index (χ0n) is 15.7. The molecule has 0 spiro atoms. The summed E-state index contributed by atoms with van der Waals surface area (Å²) in [4.78, 5) is 31.6. The van der Waals surface area contributed by atoms with E-state index in [4.69, 9.17) is 0 Å². The lowest BCUT2D eigenvalue weighted by Crippen LogP contribution is -2.28. The Bertz CT molecular complexity index is 1020. The van der Waals surface area contributed by atoms with Gasteiger partial charge in [0.2, 0.25) is 0 Å². The molecular formula is C22H23N3O2. The van der Waals surface area contributed by atoms with Crippen molar-refractivity contribution in [2.45, 2.75) is 33.2 Å². The van der Waals surface area contributed by atoms with Gasteiger partial charge in [-0.25, -0.2) is 4.79 Å². The van der Waals surface area contributed by atoms with Crippen LogP contribution in [0.2, 0.25) is 0 Å². The van der Waals surface area contributed by atoms with Gasteiger partial charge in [-0.2, -0.15) is 4.98 Å². The summed E-state index contributed by atoms with van der Waals surface area (Å²) >= 11 is 0. The van der Waals surface area contributed by atoms with Crippen LogP contribution in [0.25, 0.3) is 22.5 Å². The minimum absolute atomic E-state index is 0.0261. The Labute approximate surface area is 158 Å². The molecule has 0 N–H and O–H groups in total. The minimum Gasteiger partial charge on any atom is -0.339 e. The number of carbonyl (C=O) groups excluding carboxylic acids is 1. The van der Waals surface area contributed by atoms with E-state index in [-0.39, 0.29) is 11.6 Å². The lowest BCUT2D eigenvalue weighted by atomic mass is 9.99. The highest BCUT2D eigenvalue weighted by Crippen LogP contribution is 2.31. The predicted octanol–water partition coefficient (Wildman–Crippen LogP) is 3.58. The van der Waals surface area contributed by atoms with E-state index < -0.39 is 0 Å². The van der Waals surface area contributed by atoms with E-state index in [0.717, 1.165) is 48.3 Å². The summed E-state index contributed by atoms with van der Waals surface area (Å²) in [6.07, 6.45) is 2.08. The molecule has 138 valence electrons. The maximum Gasteiger partial charge on any atom is 0.348 e. The molecule has 5 heteroatoms. The molecule has 0 radical (unpaired) electrons. The molecule has 4 rings (SSSR count). The van der Waals surface area contributed by atoms with Crippen LogP contribution in [0.15, 0.2) is 47.3 Å². The van der Waals surface area contributed by atoms with E-state index in [1.165, 1.54) is 0 Å². The summed E-state index contributed by atoms with van der Waals surface area (Å²) in [5, 5.41) is 0. The van der Waals surface area contributed by atoms with Crippen LogP contribution < -0.4 is 5.69 Å². The second-order valence-electron chi connectivity index (χ2n) is 7.02. The largest absolute Gasteiger partial charge is 0.348 e. The maximum atomic E-state index is 13.2. The average Bonchev–Trinajstić information content (AvgIpc) is 3.29. The van der Waals surface area contributed by atoms with Crippen LogP contribution in [-0.2, 0) is 6.54 Å². The molecule has 27 heavy (non-hydrogen) atoms. The van der Waals surface area contributed by atoms with Gasteiger partial charge in [0, 0.05) is 25.2 Å². The van der Waals surface area contributed by atoms with Gasteiger partial charge in [0.05, 0.1) is 11.4 Å². The van der Waals surface area contributed by atoms with E-state index in [1.54, 1.807) is 10.6 Å². The first-order valence-corrected chi connectivity index (χ1v) is 9.50. The molecule has 0 aromatic heterocycles. The molecule has 3 aliphatic rings. The van der Waals surface area contributed by atoms with Crippen molar-refractivity contribution in [1.29, 1.82) is 0 Å². The van der Waals surface area contributed by atoms with Crippen molar-refractivity contribution >= 4 is 5.91 Å². The number of rotatable bonds is 3. The Morgan fingerprint density at radius 3 is 2.48 bits per heavy atom. The second-order valence-corrected chi connectivity index (χ2v) is 7.02. The zero-order valence-corrected chi connectivity index (χ0v) is 15.7. The first-order chi connectivity index (χ1) is 13.1. The normalized spacial score (nSPS) is 14.1. The molecule has 0 saturated carbocycles. The number of nitrogens with zero attached hydrogens (tertiary/aromatic N) is 3. The molecule has 1 saturated heterocycles. The molecule has 1 aliphatic carbocycles. The quantitative estimate of drug-likeness (QED) is 0.716. The number of amides is 1. The molecule has 1 fully saturated rings. The van der Waals surface area contributed by atoms with Gasteiger partial charge in [-0.05, 0) is 55.5 Å². The monoisotopic (exact) mass is 361 g/mol. The zero-order chi connectivity index (χ0) is 19.0. The molecule has 2 aliphatic heterocycles. The number of fused-ring (bicyclic) bond motifs is 1. The molecule has 5 nitrogen and oxygen atoms in total. The Balaban J connectivity index is 2.00. The van der Waals surface area contributed by atoms with Gasteiger partial charge >= 0.3 is 5.69 Å². The van der Waals surface area contributed by atoms with Gasteiger partial charge in [0.25, 0.3) is 5.91 Å². The lowest BCUT2D eigenvalue weighted by Gasteiger charge is -2.16. The van der Waals surface area contributed by atoms with Crippen LogP contribution in [0.1, 0.15) is 35.7 Å². The number of hydrogen-bond donors (Lipinski definition) is 0. The SMILES string of the molecule is CCn1c2cc(-c3ccccc3)c(C)c(C(=O)N3CCCC3)cc-2nc1=O. The maximum absolute atomic E-state index is 13.2. The Morgan fingerprint density at radius 2 is 1.81 bits per heavy atom. The Kier molecular flexibility index (Phi) is 4.52. The average molecular weight is 361 g/mol. The van der Waals surface area contributed by atoms with Crippen molar-refractivity contribution in [3.63, 3.8) is 0 Å². The van der Waals surface area contributed by atoms with Gasteiger partial charge in [0.15, 0.2) is 0 Å². The lowest BCUT2D eigenvalue weighted by molar-refractivity contribution is 0.0792. The number of likely N-dealkylation sites (tertiary alicyclic amines) is 1. The third kappa shape index (κ3) is 3.03. The second kappa shape index (κ2) is 6.99. The number of aromatic nitrogens is 2. The van der Waals surface area contributed by atoms with Crippen LogP contribution in [0.5, 0.6) is 0 Å². The fourth-order valence-corrected chi connectivity index (χ4v) is 3.89. The molecule has 0 atom stereocenters. The molecule has 2 heterocycles.